The standard InChI is InChI=1S/C15H18ClNO4S/c1-15(2)12(14(20)21-3)17(11(19)8-16)13(22-15)9-6-4-5-7-10(9)18/h4-7,12-13,18H,8H2,1-3H3/t12-,13+/m0/s1. The molecule has 0 spiro atoms. The third-order valence-electron chi connectivity index (χ3n) is 3.63. The molecule has 1 amide bonds. The molecule has 2 atom stereocenters. The molecule has 0 aliphatic carbocycles. The zero-order valence-corrected chi connectivity index (χ0v) is 14.1. The summed E-state index contributed by atoms with van der Waals surface area (Å²) in [5.74, 6) is -1.03. The number of hydrogen-bond acceptors (Lipinski definition) is 5. The van der Waals surface area contributed by atoms with Gasteiger partial charge < -0.3 is 14.7 Å². The van der Waals surface area contributed by atoms with E-state index in [1.54, 1.807) is 24.3 Å². The first kappa shape index (κ1) is 17.0. The van der Waals surface area contributed by atoms with Crippen LogP contribution in [0.15, 0.2) is 24.3 Å². The number of hydrogen-bond donors (Lipinski definition) is 1. The molecule has 5 nitrogen and oxygen atoms in total. The van der Waals surface area contributed by atoms with Crippen molar-refractivity contribution in [3.63, 3.8) is 0 Å². The number of nitrogens with zero attached hydrogens (tertiary/aromatic N) is 1. The average molecular weight is 344 g/mol. The number of phenols is 1. The van der Waals surface area contributed by atoms with E-state index in [9.17, 15) is 14.7 Å². The number of thioether (sulfide) groups is 1. The van der Waals surface area contributed by atoms with E-state index in [1.165, 1.54) is 23.8 Å². The Morgan fingerprint density at radius 2 is 2.05 bits per heavy atom. The highest BCUT2D eigenvalue weighted by Crippen LogP contribution is 2.54. The van der Waals surface area contributed by atoms with E-state index in [0.717, 1.165) is 0 Å². The van der Waals surface area contributed by atoms with Crippen LogP contribution in [0.3, 0.4) is 0 Å². The first-order chi connectivity index (χ1) is 10.3. The summed E-state index contributed by atoms with van der Waals surface area (Å²) in [5, 5.41) is 9.60. The van der Waals surface area contributed by atoms with Crippen molar-refractivity contribution in [2.45, 2.75) is 30.0 Å². The van der Waals surface area contributed by atoms with Gasteiger partial charge in [-0.2, -0.15) is 0 Å². The van der Waals surface area contributed by atoms with Gasteiger partial charge in [-0.15, -0.1) is 23.4 Å². The number of methoxy groups -OCH3 is 1. The fraction of sp³-hybridized carbons (Fsp3) is 0.467. The lowest BCUT2D eigenvalue weighted by Crippen LogP contribution is -2.50. The first-order valence-electron chi connectivity index (χ1n) is 6.74. The Labute approximate surface area is 138 Å². The summed E-state index contributed by atoms with van der Waals surface area (Å²) in [5.41, 5.74) is 0.574. The second-order valence-electron chi connectivity index (χ2n) is 5.49. The molecule has 0 bridgehead atoms. The minimum atomic E-state index is -0.765. The number of benzene rings is 1. The molecule has 1 aromatic rings. The molecule has 120 valence electrons. The highest BCUT2D eigenvalue weighted by molar-refractivity contribution is 8.01. The number of amides is 1. The fourth-order valence-electron chi connectivity index (χ4n) is 2.64. The number of aromatic hydroxyl groups is 1. The van der Waals surface area contributed by atoms with Gasteiger partial charge in [-0.05, 0) is 19.9 Å². The number of alkyl halides is 1. The average Bonchev–Trinajstić information content (AvgIpc) is 2.77. The number of rotatable bonds is 3. The minimum Gasteiger partial charge on any atom is -0.508 e. The lowest BCUT2D eigenvalue weighted by atomic mass is 10.0. The number of carbonyl (C=O) groups is 2. The lowest BCUT2D eigenvalue weighted by Gasteiger charge is -2.30. The fourth-order valence-corrected chi connectivity index (χ4v) is 4.37. The molecule has 1 fully saturated rings. The summed E-state index contributed by atoms with van der Waals surface area (Å²) in [4.78, 5) is 25.9. The molecule has 0 radical (unpaired) electrons. The smallest absolute Gasteiger partial charge is 0.330 e. The van der Waals surface area contributed by atoms with Crippen molar-refractivity contribution in [1.82, 2.24) is 4.90 Å². The van der Waals surface area contributed by atoms with Gasteiger partial charge in [0.25, 0.3) is 0 Å². The van der Waals surface area contributed by atoms with Crippen LogP contribution in [-0.2, 0) is 14.3 Å². The van der Waals surface area contributed by atoms with E-state index in [-0.39, 0.29) is 17.5 Å². The number of ether oxygens (including phenoxy) is 1. The molecule has 0 unspecified atom stereocenters. The molecule has 1 aromatic carbocycles. The summed E-state index contributed by atoms with van der Waals surface area (Å²) >= 11 is 7.14. The normalized spacial score (nSPS) is 23.4. The van der Waals surface area contributed by atoms with Gasteiger partial charge >= 0.3 is 5.97 Å². The molecular weight excluding hydrogens is 326 g/mol. The van der Waals surface area contributed by atoms with Crippen LogP contribution in [0, 0.1) is 0 Å². The highest BCUT2D eigenvalue weighted by Gasteiger charge is 2.54. The molecule has 1 heterocycles. The van der Waals surface area contributed by atoms with Crippen LogP contribution < -0.4 is 0 Å². The predicted molar refractivity (Wildman–Crippen MR) is 85.9 cm³/mol. The van der Waals surface area contributed by atoms with Crippen LogP contribution in [0.5, 0.6) is 5.75 Å². The van der Waals surface area contributed by atoms with E-state index >= 15 is 0 Å². The predicted octanol–water partition coefficient (Wildman–Crippen LogP) is 2.53. The second kappa shape index (κ2) is 6.38. The summed E-state index contributed by atoms with van der Waals surface area (Å²) in [6, 6.07) is 6.00. The molecule has 0 saturated carbocycles. The van der Waals surface area contributed by atoms with Gasteiger partial charge in [-0.25, -0.2) is 4.79 Å². The van der Waals surface area contributed by atoms with Crippen molar-refractivity contribution < 1.29 is 19.4 Å². The Balaban J connectivity index is 2.52. The van der Waals surface area contributed by atoms with Crippen LogP contribution in [0.2, 0.25) is 0 Å². The van der Waals surface area contributed by atoms with Crippen molar-refractivity contribution in [2.24, 2.45) is 0 Å². The Morgan fingerprint density at radius 1 is 1.41 bits per heavy atom. The zero-order chi connectivity index (χ0) is 16.5. The molecule has 1 N–H and O–H groups in total. The Morgan fingerprint density at radius 3 is 2.59 bits per heavy atom. The zero-order valence-electron chi connectivity index (χ0n) is 12.6. The van der Waals surface area contributed by atoms with Gasteiger partial charge in [0.1, 0.15) is 23.0 Å². The van der Waals surface area contributed by atoms with Gasteiger partial charge in [0.05, 0.1) is 7.11 Å². The van der Waals surface area contributed by atoms with Gasteiger partial charge in [0, 0.05) is 10.3 Å². The van der Waals surface area contributed by atoms with Gasteiger partial charge in [-0.3, -0.25) is 4.79 Å². The molecule has 1 saturated heterocycles. The van der Waals surface area contributed by atoms with Crippen LogP contribution >= 0.6 is 23.4 Å². The van der Waals surface area contributed by atoms with Gasteiger partial charge in [0.2, 0.25) is 5.91 Å². The first-order valence-corrected chi connectivity index (χ1v) is 8.15. The van der Waals surface area contributed by atoms with Crippen LogP contribution in [0.4, 0.5) is 0 Å². The molecular formula is C15H18ClNO4S. The minimum absolute atomic E-state index is 0.0775. The Kier molecular flexibility index (Phi) is 4.92. The maximum Gasteiger partial charge on any atom is 0.330 e. The lowest BCUT2D eigenvalue weighted by molar-refractivity contribution is -0.152. The summed E-state index contributed by atoms with van der Waals surface area (Å²) in [6.45, 7) is 3.74. The number of esters is 1. The summed E-state index contributed by atoms with van der Waals surface area (Å²) < 4.78 is 4.29. The van der Waals surface area contributed by atoms with Crippen LogP contribution in [0.1, 0.15) is 24.8 Å². The van der Waals surface area contributed by atoms with Crippen molar-refractivity contribution in [1.29, 1.82) is 0 Å². The van der Waals surface area contributed by atoms with Crippen molar-refractivity contribution >= 4 is 35.2 Å². The van der Waals surface area contributed by atoms with E-state index in [4.69, 9.17) is 16.3 Å². The third-order valence-corrected chi connectivity index (χ3v) is 5.40. The molecule has 0 aromatic heterocycles. The van der Waals surface area contributed by atoms with E-state index < -0.39 is 22.1 Å². The number of phenolic OH excluding ortho intramolecular Hbond substituents is 1. The number of carbonyl (C=O) groups excluding carboxylic acids is 2. The number of para-hydroxylation sites is 1. The Hall–Kier alpha value is -1.40. The quantitative estimate of drug-likeness (QED) is 0.674. The summed E-state index contributed by atoms with van der Waals surface area (Å²) in [7, 11) is 1.29. The second-order valence-corrected chi connectivity index (χ2v) is 7.49. The van der Waals surface area contributed by atoms with Crippen LogP contribution in [0.25, 0.3) is 0 Å². The maximum atomic E-state index is 12.3. The van der Waals surface area contributed by atoms with E-state index in [2.05, 4.69) is 0 Å². The SMILES string of the molecule is COC(=O)[C@@H]1N(C(=O)CCl)[C@@H](c2ccccc2O)SC1(C)C. The molecule has 7 heteroatoms. The highest BCUT2D eigenvalue weighted by atomic mass is 35.5. The molecule has 22 heavy (non-hydrogen) atoms. The topological polar surface area (TPSA) is 66.8 Å². The maximum absolute atomic E-state index is 12.3. The van der Waals surface area contributed by atoms with Crippen LogP contribution in [-0.4, -0.2) is 45.7 Å². The monoisotopic (exact) mass is 343 g/mol. The largest absolute Gasteiger partial charge is 0.508 e. The Bertz CT molecular complexity index is 593. The van der Waals surface area contributed by atoms with Gasteiger partial charge in [0.15, 0.2) is 0 Å². The van der Waals surface area contributed by atoms with Crippen molar-refractivity contribution in [3.05, 3.63) is 29.8 Å². The van der Waals surface area contributed by atoms with E-state index in [0.29, 0.717) is 5.56 Å². The third kappa shape index (κ3) is 2.90. The summed E-state index contributed by atoms with van der Waals surface area (Å²) in [6.07, 6.45) is 0. The van der Waals surface area contributed by atoms with Gasteiger partial charge in [-0.1, -0.05) is 18.2 Å². The molecule has 1 aliphatic rings. The molecule has 2 rings (SSSR count). The number of halogens is 1. The molecule has 1 aliphatic heterocycles. The van der Waals surface area contributed by atoms with E-state index in [1.807, 2.05) is 13.8 Å². The van der Waals surface area contributed by atoms with Crippen molar-refractivity contribution in [3.8, 4) is 5.75 Å². The van der Waals surface area contributed by atoms with Crippen molar-refractivity contribution in [2.75, 3.05) is 13.0 Å².